The maximum atomic E-state index is 12.1. The number of amides is 1. The van der Waals surface area contributed by atoms with Crippen molar-refractivity contribution >= 4 is 6.09 Å². The molecule has 1 aliphatic rings. The fourth-order valence-electron chi connectivity index (χ4n) is 3.64. The van der Waals surface area contributed by atoms with Crippen molar-refractivity contribution in [3.63, 3.8) is 0 Å². The Morgan fingerprint density at radius 1 is 1.00 bits per heavy atom. The molecule has 0 aromatic heterocycles. The maximum absolute atomic E-state index is 12.1. The highest BCUT2D eigenvalue weighted by molar-refractivity contribution is 5.72. The zero-order valence-electron chi connectivity index (χ0n) is 16.1. The van der Waals surface area contributed by atoms with Crippen molar-refractivity contribution in [1.82, 2.24) is 4.90 Å². The van der Waals surface area contributed by atoms with Gasteiger partial charge in [0.25, 0.3) is 0 Å². The fourth-order valence-corrected chi connectivity index (χ4v) is 3.64. The Kier molecular flexibility index (Phi) is 5.62. The number of carbonyl (C=O) groups is 1. The standard InChI is InChI=1S/C22H29N2O2/c1-23(2)22(25)26-21-13-12-19(18-10-6-4-7-11-18)16-20(21)17-24(3)14-8-5-9-15-24/h4,6-7,10-13,16H,5,8-9,14-15,17H2,1-3H3/q+1. The SMILES string of the molecule is CN(C)C(=O)Oc1ccc(-c2ccccc2)cc1C[N+]1(C)CCCCC1. The highest BCUT2D eigenvalue weighted by Gasteiger charge is 2.27. The summed E-state index contributed by atoms with van der Waals surface area (Å²) in [5.41, 5.74) is 3.44. The van der Waals surface area contributed by atoms with Crippen LogP contribution in [0.4, 0.5) is 4.79 Å². The van der Waals surface area contributed by atoms with E-state index in [2.05, 4.69) is 25.2 Å². The van der Waals surface area contributed by atoms with E-state index < -0.39 is 0 Å². The van der Waals surface area contributed by atoms with Crippen LogP contribution in [0.2, 0.25) is 0 Å². The second-order valence-electron chi connectivity index (χ2n) is 7.74. The molecule has 1 fully saturated rings. The average molecular weight is 353 g/mol. The molecule has 4 heteroatoms. The van der Waals surface area contributed by atoms with E-state index in [1.807, 2.05) is 30.3 Å². The molecule has 4 nitrogen and oxygen atoms in total. The summed E-state index contributed by atoms with van der Waals surface area (Å²) in [4.78, 5) is 13.6. The topological polar surface area (TPSA) is 29.5 Å². The minimum atomic E-state index is -0.333. The molecule has 0 atom stereocenters. The van der Waals surface area contributed by atoms with Gasteiger partial charge in [-0.15, -0.1) is 0 Å². The van der Waals surface area contributed by atoms with Gasteiger partial charge >= 0.3 is 6.09 Å². The summed E-state index contributed by atoms with van der Waals surface area (Å²) in [7, 11) is 5.73. The van der Waals surface area contributed by atoms with Crippen molar-refractivity contribution in [2.24, 2.45) is 0 Å². The lowest BCUT2D eigenvalue weighted by Crippen LogP contribution is -2.47. The van der Waals surface area contributed by atoms with E-state index in [-0.39, 0.29) is 6.09 Å². The minimum absolute atomic E-state index is 0.333. The Bertz CT molecular complexity index is 750. The zero-order valence-corrected chi connectivity index (χ0v) is 16.1. The van der Waals surface area contributed by atoms with Crippen LogP contribution in [0.5, 0.6) is 5.75 Å². The number of piperidine rings is 1. The third-order valence-electron chi connectivity index (χ3n) is 5.18. The molecule has 0 aliphatic carbocycles. The average Bonchev–Trinajstić information content (AvgIpc) is 2.64. The van der Waals surface area contributed by atoms with Crippen LogP contribution in [0, 0.1) is 0 Å². The number of benzene rings is 2. The minimum Gasteiger partial charge on any atom is -0.410 e. The molecule has 1 aliphatic heterocycles. The largest absolute Gasteiger partial charge is 0.414 e. The van der Waals surface area contributed by atoms with E-state index in [9.17, 15) is 4.79 Å². The summed E-state index contributed by atoms with van der Waals surface area (Å²) >= 11 is 0. The van der Waals surface area contributed by atoms with Gasteiger partial charge in [0.15, 0.2) is 0 Å². The van der Waals surface area contributed by atoms with Crippen LogP contribution in [0.3, 0.4) is 0 Å². The zero-order chi connectivity index (χ0) is 18.6. The fraction of sp³-hybridized carbons (Fsp3) is 0.409. The van der Waals surface area contributed by atoms with Crippen molar-refractivity contribution < 1.29 is 14.0 Å². The van der Waals surface area contributed by atoms with E-state index in [0.717, 1.165) is 22.2 Å². The number of carbonyl (C=O) groups excluding carboxylic acids is 1. The summed E-state index contributed by atoms with van der Waals surface area (Å²) in [6.45, 7) is 3.24. The summed E-state index contributed by atoms with van der Waals surface area (Å²) < 4.78 is 6.67. The molecule has 3 rings (SSSR count). The van der Waals surface area contributed by atoms with Gasteiger partial charge < -0.3 is 14.1 Å². The van der Waals surface area contributed by atoms with Crippen molar-refractivity contribution in [3.8, 4) is 16.9 Å². The predicted octanol–water partition coefficient (Wildman–Crippen LogP) is 4.54. The molecule has 0 bridgehead atoms. The second kappa shape index (κ2) is 7.92. The summed E-state index contributed by atoms with van der Waals surface area (Å²) in [5.74, 6) is 0.674. The molecule has 0 radical (unpaired) electrons. The lowest BCUT2D eigenvalue weighted by Gasteiger charge is -2.38. The molecule has 1 heterocycles. The van der Waals surface area contributed by atoms with Gasteiger partial charge in [-0.1, -0.05) is 36.4 Å². The molecule has 0 unspecified atom stereocenters. The van der Waals surface area contributed by atoms with E-state index in [1.165, 1.54) is 42.8 Å². The number of likely N-dealkylation sites (tertiary alicyclic amines) is 1. The van der Waals surface area contributed by atoms with Crippen LogP contribution in [0.15, 0.2) is 48.5 Å². The van der Waals surface area contributed by atoms with Gasteiger partial charge in [0.1, 0.15) is 12.3 Å². The predicted molar refractivity (Wildman–Crippen MR) is 105 cm³/mol. The van der Waals surface area contributed by atoms with Crippen molar-refractivity contribution in [2.75, 3.05) is 34.2 Å². The highest BCUT2D eigenvalue weighted by Crippen LogP contribution is 2.31. The molecule has 1 amide bonds. The van der Waals surface area contributed by atoms with E-state index in [4.69, 9.17) is 4.74 Å². The Morgan fingerprint density at radius 2 is 1.69 bits per heavy atom. The molecule has 0 N–H and O–H groups in total. The van der Waals surface area contributed by atoms with Gasteiger partial charge in [0, 0.05) is 19.7 Å². The molecule has 2 aromatic carbocycles. The quantitative estimate of drug-likeness (QED) is 0.755. The summed E-state index contributed by atoms with van der Waals surface area (Å²) in [5, 5.41) is 0. The molecule has 0 spiro atoms. The van der Waals surface area contributed by atoms with Crippen LogP contribution in [0.1, 0.15) is 24.8 Å². The normalized spacial score (nSPS) is 16.1. The van der Waals surface area contributed by atoms with Gasteiger partial charge in [-0.05, 0) is 42.5 Å². The molecule has 2 aromatic rings. The summed E-state index contributed by atoms with van der Waals surface area (Å²) in [6, 6.07) is 16.5. The molecular formula is C22H29N2O2+. The van der Waals surface area contributed by atoms with Crippen LogP contribution in [0.25, 0.3) is 11.1 Å². The van der Waals surface area contributed by atoms with Gasteiger partial charge in [-0.3, -0.25) is 0 Å². The highest BCUT2D eigenvalue weighted by atomic mass is 16.6. The van der Waals surface area contributed by atoms with E-state index in [1.54, 1.807) is 14.1 Å². The lowest BCUT2D eigenvalue weighted by molar-refractivity contribution is -0.926. The Morgan fingerprint density at radius 3 is 2.35 bits per heavy atom. The van der Waals surface area contributed by atoms with Gasteiger partial charge in [-0.25, -0.2) is 4.79 Å². The van der Waals surface area contributed by atoms with E-state index >= 15 is 0 Å². The Labute approximate surface area is 156 Å². The first-order chi connectivity index (χ1) is 12.5. The monoisotopic (exact) mass is 353 g/mol. The number of nitrogens with zero attached hydrogens (tertiary/aromatic N) is 2. The lowest BCUT2D eigenvalue weighted by atomic mass is 10.0. The van der Waals surface area contributed by atoms with Crippen molar-refractivity contribution in [2.45, 2.75) is 25.8 Å². The number of quaternary nitrogens is 1. The number of rotatable bonds is 4. The molecule has 26 heavy (non-hydrogen) atoms. The second-order valence-corrected chi connectivity index (χ2v) is 7.74. The third-order valence-corrected chi connectivity index (χ3v) is 5.18. The van der Waals surface area contributed by atoms with Crippen molar-refractivity contribution in [3.05, 3.63) is 54.1 Å². The van der Waals surface area contributed by atoms with Crippen LogP contribution >= 0.6 is 0 Å². The van der Waals surface area contributed by atoms with Crippen LogP contribution in [-0.4, -0.2) is 49.7 Å². The molecule has 138 valence electrons. The molecule has 0 saturated carbocycles. The van der Waals surface area contributed by atoms with Crippen molar-refractivity contribution in [1.29, 1.82) is 0 Å². The number of hydrogen-bond donors (Lipinski definition) is 0. The Hall–Kier alpha value is -2.33. The van der Waals surface area contributed by atoms with Gasteiger partial charge in [-0.2, -0.15) is 0 Å². The number of ether oxygens (including phenoxy) is 1. The molecular weight excluding hydrogens is 324 g/mol. The smallest absolute Gasteiger partial charge is 0.410 e. The first-order valence-corrected chi connectivity index (χ1v) is 9.38. The third kappa shape index (κ3) is 4.44. The Balaban J connectivity index is 1.94. The van der Waals surface area contributed by atoms with Crippen LogP contribution in [-0.2, 0) is 6.54 Å². The number of hydrogen-bond acceptors (Lipinski definition) is 2. The van der Waals surface area contributed by atoms with E-state index in [0.29, 0.717) is 5.75 Å². The molecule has 1 saturated heterocycles. The van der Waals surface area contributed by atoms with Gasteiger partial charge in [0.2, 0.25) is 0 Å². The van der Waals surface area contributed by atoms with Gasteiger partial charge in [0.05, 0.1) is 20.1 Å². The van der Waals surface area contributed by atoms with Crippen LogP contribution < -0.4 is 4.74 Å². The first kappa shape index (κ1) is 18.5. The first-order valence-electron chi connectivity index (χ1n) is 9.38. The maximum Gasteiger partial charge on any atom is 0.414 e. The summed E-state index contributed by atoms with van der Waals surface area (Å²) in [6.07, 6.45) is 3.52.